The van der Waals surface area contributed by atoms with Gasteiger partial charge < -0.3 is 5.11 Å². The van der Waals surface area contributed by atoms with Crippen LogP contribution in [0, 0.1) is 17.1 Å². The van der Waals surface area contributed by atoms with E-state index in [0.717, 1.165) is 0 Å². The Labute approximate surface area is 94.5 Å². The van der Waals surface area contributed by atoms with Crippen molar-refractivity contribution in [3.8, 4) is 6.07 Å². The van der Waals surface area contributed by atoms with Crippen molar-refractivity contribution in [2.24, 2.45) is 0 Å². The minimum absolute atomic E-state index is 0.0770. The van der Waals surface area contributed by atoms with Crippen molar-refractivity contribution in [3.63, 3.8) is 0 Å². The summed E-state index contributed by atoms with van der Waals surface area (Å²) < 4.78 is 12.7. The zero-order chi connectivity index (χ0) is 12.2. The molecule has 1 atom stereocenters. The molecule has 0 bridgehead atoms. The van der Waals surface area contributed by atoms with E-state index in [9.17, 15) is 4.39 Å². The van der Waals surface area contributed by atoms with Crippen molar-refractivity contribution in [2.45, 2.75) is 25.4 Å². The van der Waals surface area contributed by atoms with E-state index in [-0.39, 0.29) is 12.4 Å². The Morgan fingerprint density at radius 2 is 2.00 bits per heavy atom. The third-order valence-electron chi connectivity index (χ3n) is 2.26. The van der Waals surface area contributed by atoms with E-state index in [1.807, 2.05) is 0 Å². The number of nitrogens with zero attached hydrogens (tertiary/aromatic N) is 1. The molecule has 0 aliphatic rings. The van der Waals surface area contributed by atoms with Gasteiger partial charge in [-0.2, -0.15) is 5.26 Å². The largest absolute Gasteiger partial charge is 0.394 e. The molecule has 0 saturated carbocycles. The molecule has 1 rings (SSSR count). The summed E-state index contributed by atoms with van der Waals surface area (Å²) in [6.07, 6.45) is 0. The lowest BCUT2D eigenvalue weighted by atomic mass is 10.0. The number of nitriles is 1. The molecule has 86 valence electrons. The molecule has 0 aromatic heterocycles. The first-order valence-corrected chi connectivity index (χ1v) is 5.02. The molecule has 0 aliphatic heterocycles. The summed E-state index contributed by atoms with van der Waals surface area (Å²) >= 11 is 0. The number of hydrogen-bond donors (Lipinski definition) is 2. The third kappa shape index (κ3) is 3.30. The highest BCUT2D eigenvalue weighted by atomic mass is 19.1. The summed E-state index contributed by atoms with van der Waals surface area (Å²) in [5.74, 6) is -0.332. The SMILES string of the molecule is CC(C)(CO)NC(C#N)c1ccc(F)cc1. The van der Waals surface area contributed by atoms with E-state index < -0.39 is 11.6 Å². The molecule has 1 aromatic rings. The molecule has 4 heteroatoms. The van der Waals surface area contributed by atoms with Crippen molar-refractivity contribution in [2.75, 3.05) is 6.61 Å². The van der Waals surface area contributed by atoms with Gasteiger partial charge in [-0.3, -0.25) is 5.32 Å². The summed E-state index contributed by atoms with van der Waals surface area (Å²) in [7, 11) is 0. The monoisotopic (exact) mass is 222 g/mol. The molecule has 0 saturated heterocycles. The Balaban J connectivity index is 2.84. The van der Waals surface area contributed by atoms with Gasteiger partial charge in [0, 0.05) is 5.54 Å². The summed E-state index contributed by atoms with van der Waals surface area (Å²) in [5.41, 5.74) is 0.139. The standard InChI is InChI=1S/C12H15FN2O/c1-12(2,8-16)15-11(7-14)9-3-5-10(13)6-4-9/h3-6,11,15-16H,8H2,1-2H3. The molecule has 0 heterocycles. The molecule has 0 radical (unpaired) electrons. The van der Waals surface area contributed by atoms with Gasteiger partial charge in [-0.05, 0) is 31.5 Å². The highest BCUT2D eigenvalue weighted by Gasteiger charge is 2.22. The lowest BCUT2D eigenvalue weighted by Gasteiger charge is -2.26. The molecule has 1 aromatic carbocycles. The van der Waals surface area contributed by atoms with Gasteiger partial charge in [-0.15, -0.1) is 0 Å². The van der Waals surface area contributed by atoms with Crippen molar-refractivity contribution < 1.29 is 9.50 Å². The molecule has 0 spiro atoms. The van der Waals surface area contributed by atoms with Crippen LogP contribution < -0.4 is 5.32 Å². The van der Waals surface area contributed by atoms with Crippen LogP contribution >= 0.6 is 0 Å². The Hall–Kier alpha value is -1.44. The topological polar surface area (TPSA) is 56.0 Å². The lowest BCUT2D eigenvalue weighted by molar-refractivity contribution is 0.182. The van der Waals surface area contributed by atoms with E-state index >= 15 is 0 Å². The molecule has 2 N–H and O–H groups in total. The number of nitrogens with one attached hydrogen (secondary N) is 1. The highest BCUT2D eigenvalue weighted by Crippen LogP contribution is 2.16. The summed E-state index contributed by atoms with van der Waals surface area (Å²) in [6, 6.07) is 7.27. The first-order valence-electron chi connectivity index (χ1n) is 5.02. The van der Waals surface area contributed by atoms with Crippen LogP contribution in [0.15, 0.2) is 24.3 Å². The van der Waals surface area contributed by atoms with Gasteiger partial charge in [-0.25, -0.2) is 4.39 Å². The molecule has 1 unspecified atom stereocenters. The lowest BCUT2D eigenvalue weighted by Crippen LogP contribution is -2.44. The quantitative estimate of drug-likeness (QED) is 0.816. The van der Waals surface area contributed by atoms with Crippen LogP contribution in [0.2, 0.25) is 0 Å². The van der Waals surface area contributed by atoms with Gasteiger partial charge in [0.1, 0.15) is 11.9 Å². The third-order valence-corrected chi connectivity index (χ3v) is 2.26. The summed E-state index contributed by atoms with van der Waals surface area (Å²) in [4.78, 5) is 0. The minimum atomic E-state index is -0.553. The van der Waals surface area contributed by atoms with Gasteiger partial charge in [0.25, 0.3) is 0 Å². The Morgan fingerprint density at radius 1 is 1.44 bits per heavy atom. The number of benzene rings is 1. The van der Waals surface area contributed by atoms with Gasteiger partial charge in [0.05, 0.1) is 12.7 Å². The van der Waals surface area contributed by atoms with Gasteiger partial charge in [0.2, 0.25) is 0 Å². The van der Waals surface area contributed by atoms with E-state index in [2.05, 4.69) is 11.4 Å². The maximum absolute atomic E-state index is 12.7. The smallest absolute Gasteiger partial charge is 0.123 e. The summed E-state index contributed by atoms with van der Waals surface area (Å²) in [6.45, 7) is 3.51. The fourth-order valence-corrected chi connectivity index (χ4v) is 1.28. The van der Waals surface area contributed by atoms with Crippen molar-refractivity contribution >= 4 is 0 Å². The maximum atomic E-state index is 12.7. The van der Waals surface area contributed by atoms with Crippen molar-refractivity contribution in [1.29, 1.82) is 5.26 Å². The first kappa shape index (κ1) is 12.6. The van der Waals surface area contributed by atoms with Gasteiger partial charge in [-0.1, -0.05) is 12.1 Å². The van der Waals surface area contributed by atoms with E-state index in [4.69, 9.17) is 10.4 Å². The Kier molecular flexibility index (Phi) is 3.99. The molecule has 0 amide bonds. The maximum Gasteiger partial charge on any atom is 0.123 e. The molecule has 0 aliphatic carbocycles. The van der Waals surface area contributed by atoms with Crippen LogP contribution in [-0.4, -0.2) is 17.3 Å². The number of aliphatic hydroxyl groups is 1. The first-order chi connectivity index (χ1) is 7.48. The van der Waals surface area contributed by atoms with Crippen molar-refractivity contribution in [3.05, 3.63) is 35.6 Å². The van der Waals surface area contributed by atoms with Crippen LogP contribution in [0.5, 0.6) is 0 Å². The fraction of sp³-hybridized carbons (Fsp3) is 0.417. The van der Waals surface area contributed by atoms with Crippen LogP contribution in [0.1, 0.15) is 25.5 Å². The summed E-state index contributed by atoms with van der Waals surface area (Å²) in [5, 5.41) is 21.1. The van der Waals surface area contributed by atoms with E-state index in [0.29, 0.717) is 5.56 Å². The minimum Gasteiger partial charge on any atom is -0.394 e. The van der Waals surface area contributed by atoms with E-state index in [1.165, 1.54) is 12.1 Å². The van der Waals surface area contributed by atoms with Crippen molar-refractivity contribution in [1.82, 2.24) is 5.32 Å². The molecule has 16 heavy (non-hydrogen) atoms. The predicted molar refractivity (Wildman–Crippen MR) is 59.1 cm³/mol. The molecule has 3 nitrogen and oxygen atoms in total. The normalized spacial score (nSPS) is 13.2. The van der Waals surface area contributed by atoms with Crippen LogP contribution in [-0.2, 0) is 0 Å². The molecule has 0 fully saturated rings. The average molecular weight is 222 g/mol. The van der Waals surface area contributed by atoms with Crippen LogP contribution in [0.4, 0.5) is 4.39 Å². The van der Waals surface area contributed by atoms with Gasteiger partial charge >= 0.3 is 0 Å². The van der Waals surface area contributed by atoms with Crippen LogP contribution in [0.25, 0.3) is 0 Å². The number of aliphatic hydroxyl groups excluding tert-OH is 1. The number of halogens is 1. The molecular formula is C12H15FN2O. The Morgan fingerprint density at radius 3 is 2.44 bits per heavy atom. The number of rotatable bonds is 4. The van der Waals surface area contributed by atoms with Crippen LogP contribution in [0.3, 0.4) is 0 Å². The van der Waals surface area contributed by atoms with E-state index in [1.54, 1.807) is 26.0 Å². The number of hydrogen-bond acceptors (Lipinski definition) is 3. The second-order valence-corrected chi connectivity index (χ2v) is 4.30. The highest BCUT2D eigenvalue weighted by molar-refractivity contribution is 5.25. The fourth-order valence-electron chi connectivity index (χ4n) is 1.28. The second-order valence-electron chi connectivity index (χ2n) is 4.30. The van der Waals surface area contributed by atoms with Gasteiger partial charge in [0.15, 0.2) is 0 Å². The zero-order valence-corrected chi connectivity index (χ0v) is 9.37. The zero-order valence-electron chi connectivity index (χ0n) is 9.37. The average Bonchev–Trinajstić information content (AvgIpc) is 2.27. The predicted octanol–water partition coefficient (Wildman–Crippen LogP) is 1.75. The second kappa shape index (κ2) is 5.06. The Bertz CT molecular complexity index is 381. The molecular weight excluding hydrogens is 207 g/mol.